The first-order valence-corrected chi connectivity index (χ1v) is 12.5. The fraction of sp³-hybridized carbons (Fsp3) is 0.577. The van der Waals surface area contributed by atoms with Crippen molar-refractivity contribution >= 4 is 28.7 Å². The monoisotopic (exact) mass is 446 g/mol. The van der Waals surface area contributed by atoms with Gasteiger partial charge in [0.05, 0.1) is 6.10 Å². The molecule has 1 saturated carbocycles. The standard InChI is InChI=1S/C26H35ClO2S/c1-26(2,3)15-5-10-23(28)18-11-13-19(14-12-18)25-21(22(27)17-24(25)29)9-4-7-20-8-6-16-30-20/h6,8,11-14,16,21-22,24-25,29H,4-5,7,9-10,15,17H2,1-3H3/t21?,22-,24-,25?/m1/s1. The molecular formula is C26H35ClO2S. The van der Waals surface area contributed by atoms with E-state index in [0.717, 1.165) is 43.2 Å². The SMILES string of the molecule is CC(C)(C)CCCC(=O)c1ccc(C2C(CCCc3cccs3)[C@H](Cl)C[C@H]2O)cc1. The first-order valence-electron chi connectivity index (χ1n) is 11.2. The lowest BCUT2D eigenvalue weighted by atomic mass is 9.83. The van der Waals surface area contributed by atoms with Crippen molar-refractivity contribution in [3.05, 3.63) is 57.8 Å². The van der Waals surface area contributed by atoms with Crippen LogP contribution in [0.3, 0.4) is 0 Å². The Morgan fingerprint density at radius 2 is 1.90 bits per heavy atom. The van der Waals surface area contributed by atoms with Crippen molar-refractivity contribution in [2.75, 3.05) is 0 Å². The topological polar surface area (TPSA) is 37.3 Å². The van der Waals surface area contributed by atoms with Crippen LogP contribution in [0.2, 0.25) is 0 Å². The highest BCUT2D eigenvalue weighted by atomic mass is 35.5. The van der Waals surface area contributed by atoms with Crippen LogP contribution in [0, 0.1) is 11.3 Å². The Morgan fingerprint density at radius 3 is 2.53 bits per heavy atom. The van der Waals surface area contributed by atoms with Gasteiger partial charge in [-0.25, -0.2) is 0 Å². The summed E-state index contributed by atoms with van der Waals surface area (Å²) >= 11 is 8.44. The van der Waals surface area contributed by atoms with Crippen LogP contribution < -0.4 is 0 Å². The Kier molecular flexibility index (Phi) is 8.17. The van der Waals surface area contributed by atoms with Gasteiger partial charge < -0.3 is 5.11 Å². The Labute approximate surface area is 190 Å². The number of thiophene rings is 1. The van der Waals surface area contributed by atoms with E-state index in [1.807, 2.05) is 24.3 Å². The van der Waals surface area contributed by atoms with E-state index in [4.69, 9.17) is 11.6 Å². The lowest BCUT2D eigenvalue weighted by Gasteiger charge is -2.24. The number of halogens is 1. The van der Waals surface area contributed by atoms with Gasteiger partial charge in [0, 0.05) is 28.2 Å². The summed E-state index contributed by atoms with van der Waals surface area (Å²) in [6, 6.07) is 12.2. The number of carbonyl (C=O) groups is 1. The van der Waals surface area contributed by atoms with Gasteiger partial charge in [0.2, 0.25) is 0 Å². The van der Waals surface area contributed by atoms with Crippen LogP contribution in [0.25, 0.3) is 0 Å². The highest BCUT2D eigenvalue weighted by Gasteiger charge is 2.41. The number of hydrogen-bond acceptors (Lipinski definition) is 3. The normalized spacial score (nSPS) is 24.3. The van der Waals surface area contributed by atoms with Gasteiger partial charge in [-0.3, -0.25) is 4.79 Å². The molecule has 0 aliphatic heterocycles. The largest absolute Gasteiger partial charge is 0.392 e. The molecular weight excluding hydrogens is 412 g/mol. The molecule has 3 rings (SSSR count). The molecule has 1 aromatic heterocycles. The Hall–Kier alpha value is -1.16. The Balaban J connectivity index is 1.60. The maximum atomic E-state index is 12.5. The van der Waals surface area contributed by atoms with E-state index in [0.29, 0.717) is 12.8 Å². The summed E-state index contributed by atoms with van der Waals surface area (Å²) < 4.78 is 0. The molecule has 0 saturated heterocycles. The summed E-state index contributed by atoms with van der Waals surface area (Å²) in [5, 5.41) is 12.8. The molecule has 0 spiro atoms. The molecule has 1 aromatic carbocycles. The first-order chi connectivity index (χ1) is 14.2. The minimum absolute atomic E-state index is 0.00652. The molecule has 4 heteroatoms. The molecule has 0 amide bonds. The molecule has 2 nitrogen and oxygen atoms in total. The van der Waals surface area contributed by atoms with Gasteiger partial charge in [-0.2, -0.15) is 0 Å². The number of Topliss-reactive ketones (excluding diaryl/α,β-unsaturated/α-hetero) is 1. The lowest BCUT2D eigenvalue weighted by molar-refractivity contribution is 0.0976. The highest BCUT2D eigenvalue weighted by molar-refractivity contribution is 7.09. The molecule has 2 aromatic rings. The zero-order valence-electron chi connectivity index (χ0n) is 18.4. The van der Waals surface area contributed by atoms with Crippen molar-refractivity contribution in [1.82, 2.24) is 0 Å². The van der Waals surface area contributed by atoms with Crippen LogP contribution in [0.4, 0.5) is 0 Å². The number of aliphatic hydroxyl groups is 1. The molecule has 0 radical (unpaired) electrons. The first kappa shape index (κ1) is 23.5. The summed E-state index contributed by atoms with van der Waals surface area (Å²) in [5.41, 5.74) is 2.15. The Morgan fingerprint density at radius 1 is 1.17 bits per heavy atom. The molecule has 4 atom stereocenters. The minimum Gasteiger partial charge on any atom is -0.392 e. The van der Waals surface area contributed by atoms with Crippen molar-refractivity contribution in [2.45, 2.75) is 83.1 Å². The second kappa shape index (κ2) is 10.4. The van der Waals surface area contributed by atoms with E-state index in [2.05, 4.69) is 38.3 Å². The van der Waals surface area contributed by atoms with Gasteiger partial charge >= 0.3 is 0 Å². The van der Waals surface area contributed by atoms with Gasteiger partial charge in [-0.05, 0) is 66.9 Å². The maximum absolute atomic E-state index is 12.5. The average molecular weight is 447 g/mol. The second-order valence-electron chi connectivity index (χ2n) is 9.94. The Bertz CT molecular complexity index is 791. The van der Waals surface area contributed by atoms with Gasteiger partial charge in [0.1, 0.15) is 0 Å². The van der Waals surface area contributed by atoms with E-state index >= 15 is 0 Å². The van der Waals surface area contributed by atoms with E-state index < -0.39 is 6.10 Å². The summed E-state index contributed by atoms with van der Waals surface area (Å²) in [6.07, 6.45) is 5.97. The maximum Gasteiger partial charge on any atom is 0.162 e. The quantitative estimate of drug-likeness (QED) is 0.325. The number of aryl methyl sites for hydroxylation is 1. The second-order valence-corrected chi connectivity index (χ2v) is 11.5. The van der Waals surface area contributed by atoms with Gasteiger partial charge in [0.25, 0.3) is 0 Å². The number of hydrogen-bond donors (Lipinski definition) is 1. The molecule has 1 aliphatic rings. The van der Waals surface area contributed by atoms with E-state index in [1.54, 1.807) is 11.3 Å². The van der Waals surface area contributed by atoms with Crippen LogP contribution in [-0.2, 0) is 6.42 Å². The van der Waals surface area contributed by atoms with Crippen LogP contribution in [-0.4, -0.2) is 22.4 Å². The molecule has 30 heavy (non-hydrogen) atoms. The van der Waals surface area contributed by atoms with Crippen molar-refractivity contribution in [3.63, 3.8) is 0 Å². The highest BCUT2D eigenvalue weighted by Crippen LogP contribution is 2.45. The van der Waals surface area contributed by atoms with Crippen LogP contribution >= 0.6 is 22.9 Å². The third-order valence-electron chi connectivity index (χ3n) is 6.30. The zero-order valence-corrected chi connectivity index (χ0v) is 20.0. The van der Waals surface area contributed by atoms with E-state index in [1.165, 1.54) is 4.88 Å². The minimum atomic E-state index is -0.410. The molecule has 1 aliphatic carbocycles. The molecule has 0 bridgehead atoms. The lowest BCUT2D eigenvalue weighted by Crippen LogP contribution is -2.19. The fourth-order valence-electron chi connectivity index (χ4n) is 4.67. The fourth-order valence-corrected chi connectivity index (χ4v) is 5.89. The number of ketones is 1. The summed E-state index contributed by atoms with van der Waals surface area (Å²) in [6.45, 7) is 6.63. The third-order valence-corrected chi connectivity index (χ3v) is 7.73. The van der Waals surface area contributed by atoms with Crippen molar-refractivity contribution in [3.8, 4) is 0 Å². The van der Waals surface area contributed by atoms with Gasteiger partial charge in [0.15, 0.2) is 5.78 Å². The van der Waals surface area contributed by atoms with Crippen molar-refractivity contribution in [1.29, 1.82) is 0 Å². The third kappa shape index (κ3) is 6.42. The van der Waals surface area contributed by atoms with Crippen LogP contribution in [0.5, 0.6) is 0 Å². The number of alkyl halides is 1. The van der Waals surface area contributed by atoms with Gasteiger partial charge in [-0.1, -0.05) is 51.1 Å². The number of rotatable bonds is 9. The number of aliphatic hydroxyl groups excluding tert-OH is 1. The zero-order chi connectivity index (χ0) is 21.7. The number of benzene rings is 1. The van der Waals surface area contributed by atoms with Crippen molar-refractivity contribution < 1.29 is 9.90 Å². The van der Waals surface area contributed by atoms with E-state index in [9.17, 15) is 9.90 Å². The molecule has 164 valence electrons. The summed E-state index contributed by atoms with van der Waals surface area (Å²) in [4.78, 5) is 13.9. The van der Waals surface area contributed by atoms with Crippen LogP contribution in [0.15, 0.2) is 41.8 Å². The molecule has 1 N–H and O–H groups in total. The van der Waals surface area contributed by atoms with Crippen molar-refractivity contribution in [2.24, 2.45) is 11.3 Å². The summed E-state index contributed by atoms with van der Waals surface area (Å²) in [5.74, 6) is 0.538. The number of carbonyl (C=O) groups excluding carboxylic acids is 1. The predicted molar refractivity (Wildman–Crippen MR) is 128 cm³/mol. The predicted octanol–water partition coefficient (Wildman–Crippen LogP) is 7.24. The smallest absolute Gasteiger partial charge is 0.162 e. The van der Waals surface area contributed by atoms with Gasteiger partial charge in [-0.15, -0.1) is 22.9 Å². The molecule has 2 unspecified atom stereocenters. The summed E-state index contributed by atoms with van der Waals surface area (Å²) in [7, 11) is 0. The average Bonchev–Trinajstić information content (AvgIpc) is 3.29. The van der Waals surface area contributed by atoms with E-state index in [-0.39, 0.29) is 28.4 Å². The molecule has 1 heterocycles. The molecule has 1 fully saturated rings. The van der Waals surface area contributed by atoms with Crippen LogP contribution in [0.1, 0.15) is 86.0 Å².